The summed E-state index contributed by atoms with van der Waals surface area (Å²) in [5.74, 6) is 0. The number of aryl methyl sites for hydroxylation is 2. The zero-order valence-electron chi connectivity index (χ0n) is 11.4. The molecule has 2 aromatic rings. The maximum absolute atomic E-state index is 4.55. The second-order valence-corrected chi connectivity index (χ2v) is 4.99. The largest absolute Gasteiger partial charge is 0.368 e. The van der Waals surface area contributed by atoms with Crippen LogP contribution in [-0.4, -0.2) is 31.2 Å². The number of hydrogen-bond donors (Lipinski definition) is 1. The predicted molar refractivity (Wildman–Crippen MR) is 83.5 cm³/mol. The minimum atomic E-state index is 0. The van der Waals surface area contributed by atoms with E-state index in [1.165, 1.54) is 22.2 Å². The molecule has 1 fully saturated rings. The van der Waals surface area contributed by atoms with E-state index in [0.29, 0.717) is 0 Å². The molecule has 0 amide bonds. The fraction of sp³-hybridized carbons (Fsp3) is 0.400. The average molecular weight is 278 g/mol. The lowest BCUT2D eigenvalue weighted by Gasteiger charge is -2.30. The molecular formula is C15H20ClN3. The van der Waals surface area contributed by atoms with Gasteiger partial charge in [-0.2, -0.15) is 0 Å². The molecule has 0 atom stereocenters. The number of rotatable bonds is 1. The molecule has 3 nitrogen and oxygen atoms in total. The molecule has 1 aromatic carbocycles. The van der Waals surface area contributed by atoms with Crippen LogP contribution in [0.4, 0.5) is 5.69 Å². The summed E-state index contributed by atoms with van der Waals surface area (Å²) in [6, 6.07) is 6.51. The second-order valence-electron chi connectivity index (χ2n) is 4.99. The van der Waals surface area contributed by atoms with Gasteiger partial charge in [-0.15, -0.1) is 12.4 Å². The van der Waals surface area contributed by atoms with E-state index in [1.807, 2.05) is 6.20 Å². The number of piperazine rings is 1. The number of benzene rings is 1. The standard InChI is InChI=1S/C15H19N3.ClH/c1-11-3-4-12(2)15-14(11)13(5-6-17-15)18-9-7-16-8-10-18;/h3-6,16H,7-10H2,1-2H3;1H. The molecule has 1 aromatic heterocycles. The highest BCUT2D eigenvalue weighted by molar-refractivity contribution is 5.96. The molecule has 1 N–H and O–H groups in total. The van der Waals surface area contributed by atoms with Crippen molar-refractivity contribution in [3.05, 3.63) is 35.5 Å². The van der Waals surface area contributed by atoms with E-state index < -0.39 is 0 Å². The van der Waals surface area contributed by atoms with Crippen molar-refractivity contribution in [2.45, 2.75) is 13.8 Å². The zero-order valence-corrected chi connectivity index (χ0v) is 12.3. The molecule has 0 saturated carbocycles. The van der Waals surface area contributed by atoms with Gasteiger partial charge in [0, 0.05) is 43.4 Å². The van der Waals surface area contributed by atoms with Crippen LogP contribution < -0.4 is 10.2 Å². The number of nitrogens with zero attached hydrogens (tertiary/aromatic N) is 2. The monoisotopic (exact) mass is 277 g/mol. The average Bonchev–Trinajstić information content (AvgIpc) is 2.43. The summed E-state index contributed by atoms with van der Waals surface area (Å²) in [6.07, 6.45) is 1.94. The Kier molecular flexibility index (Phi) is 4.27. The summed E-state index contributed by atoms with van der Waals surface area (Å²) in [4.78, 5) is 7.02. The molecule has 1 saturated heterocycles. The van der Waals surface area contributed by atoms with Crippen LogP contribution in [0.5, 0.6) is 0 Å². The van der Waals surface area contributed by atoms with Crippen LogP contribution >= 0.6 is 12.4 Å². The Morgan fingerprint density at radius 2 is 1.74 bits per heavy atom. The van der Waals surface area contributed by atoms with Crippen LogP contribution in [0.25, 0.3) is 10.9 Å². The predicted octanol–water partition coefficient (Wildman–Crippen LogP) is 2.68. The molecule has 4 heteroatoms. The molecule has 0 spiro atoms. The van der Waals surface area contributed by atoms with Gasteiger partial charge in [0.15, 0.2) is 0 Å². The van der Waals surface area contributed by atoms with Gasteiger partial charge in [0.05, 0.1) is 5.52 Å². The van der Waals surface area contributed by atoms with Gasteiger partial charge in [-0.05, 0) is 31.0 Å². The fourth-order valence-electron chi connectivity index (χ4n) is 2.72. The van der Waals surface area contributed by atoms with Gasteiger partial charge >= 0.3 is 0 Å². The smallest absolute Gasteiger partial charge is 0.0754 e. The number of halogens is 1. The summed E-state index contributed by atoms with van der Waals surface area (Å²) in [5, 5.41) is 4.72. The van der Waals surface area contributed by atoms with Gasteiger partial charge < -0.3 is 10.2 Å². The van der Waals surface area contributed by atoms with Crippen molar-refractivity contribution < 1.29 is 0 Å². The summed E-state index contributed by atoms with van der Waals surface area (Å²) in [5.41, 5.74) is 5.05. The first-order valence-corrected chi connectivity index (χ1v) is 6.58. The Morgan fingerprint density at radius 1 is 1.05 bits per heavy atom. The van der Waals surface area contributed by atoms with Crippen LogP contribution in [0.15, 0.2) is 24.4 Å². The minimum absolute atomic E-state index is 0. The molecule has 2 heterocycles. The van der Waals surface area contributed by atoms with Crippen LogP contribution in [0.3, 0.4) is 0 Å². The first kappa shape index (κ1) is 14.1. The zero-order chi connectivity index (χ0) is 12.5. The van der Waals surface area contributed by atoms with Crippen molar-refractivity contribution in [1.82, 2.24) is 10.3 Å². The lowest BCUT2D eigenvalue weighted by Crippen LogP contribution is -2.43. The third-order valence-corrected chi connectivity index (χ3v) is 3.74. The van der Waals surface area contributed by atoms with Crippen molar-refractivity contribution in [3.63, 3.8) is 0 Å². The van der Waals surface area contributed by atoms with E-state index >= 15 is 0 Å². The number of nitrogens with one attached hydrogen (secondary N) is 1. The van der Waals surface area contributed by atoms with E-state index in [0.717, 1.165) is 31.7 Å². The Balaban J connectivity index is 0.00000133. The Morgan fingerprint density at radius 3 is 2.47 bits per heavy atom. The summed E-state index contributed by atoms with van der Waals surface area (Å²) < 4.78 is 0. The van der Waals surface area contributed by atoms with Gasteiger partial charge in [-0.1, -0.05) is 12.1 Å². The third-order valence-electron chi connectivity index (χ3n) is 3.74. The highest BCUT2D eigenvalue weighted by Crippen LogP contribution is 2.30. The number of pyridine rings is 1. The van der Waals surface area contributed by atoms with Gasteiger partial charge in [-0.25, -0.2) is 0 Å². The van der Waals surface area contributed by atoms with E-state index in [1.54, 1.807) is 0 Å². The quantitative estimate of drug-likeness (QED) is 0.869. The van der Waals surface area contributed by atoms with Crippen molar-refractivity contribution in [3.8, 4) is 0 Å². The Hall–Kier alpha value is -1.32. The van der Waals surface area contributed by atoms with Crippen molar-refractivity contribution in [2.24, 2.45) is 0 Å². The molecule has 0 aliphatic carbocycles. The lowest BCUT2D eigenvalue weighted by molar-refractivity contribution is 0.590. The fourth-order valence-corrected chi connectivity index (χ4v) is 2.72. The highest BCUT2D eigenvalue weighted by atomic mass is 35.5. The van der Waals surface area contributed by atoms with Gasteiger partial charge in [0.2, 0.25) is 0 Å². The molecule has 0 bridgehead atoms. The van der Waals surface area contributed by atoms with Crippen molar-refractivity contribution >= 4 is 29.0 Å². The molecule has 0 radical (unpaired) electrons. The van der Waals surface area contributed by atoms with Crippen LogP contribution in [0, 0.1) is 13.8 Å². The molecule has 19 heavy (non-hydrogen) atoms. The van der Waals surface area contributed by atoms with Gasteiger partial charge in [0.1, 0.15) is 0 Å². The number of aromatic nitrogens is 1. The molecular weight excluding hydrogens is 258 g/mol. The summed E-state index contributed by atoms with van der Waals surface area (Å²) in [6.45, 7) is 8.59. The van der Waals surface area contributed by atoms with Crippen LogP contribution in [0.2, 0.25) is 0 Å². The maximum atomic E-state index is 4.55. The molecule has 3 rings (SSSR count). The molecule has 1 aliphatic rings. The summed E-state index contributed by atoms with van der Waals surface area (Å²) >= 11 is 0. The molecule has 0 unspecified atom stereocenters. The first-order valence-electron chi connectivity index (χ1n) is 6.58. The van der Waals surface area contributed by atoms with Gasteiger partial charge in [-0.3, -0.25) is 4.98 Å². The maximum Gasteiger partial charge on any atom is 0.0754 e. The lowest BCUT2D eigenvalue weighted by atomic mass is 10.0. The highest BCUT2D eigenvalue weighted by Gasteiger charge is 2.15. The third kappa shape index (κ3) is 2.53. The number of anilines is 1. The first-order chi connectivity index (χ1) is 8.77. The van der Waals surface area contributed by atoms with E-state index in [-0.39, 0.29) is 12.4 Å². The minimum Gasteiger partial charge on any atom is -0.368 e. The second kappa shape index (κ2) is 5.76. The topological polar surface area (TPSA) is 28.2 Å². The van der Waals surface area contributed by atoms with Crippen LogP contribution in [-0.2, 0) is 0 Å². The van der Waals surface area contributed by atoms with Crippen LogP contribution in [0.1, 0.15) is 11.1 Å². The van der Waals surface area contributed by atoms with E-state index in [9.17, 15) is 0 Å². The van der Waals surface area contributed by atoms with E-state index in [2.05, 4.69) is 47.2 Å². The number of hydrogen-bond acceptors (Lipinski definition) is 3. The molecule has 102 valence electrons. The van der Waals surface area contributed by atoms with Crippen molar-refractivity contribution in [2.75, 3.05) is 31.1 Å². The van der Waals surface area contributed by atoms with E-state index in [4.69, 9.17) is 0 Å². The normalized spacial score (nSPS) is 15.4. The number of fused-ring (bicyclic) bond motifs is 1. The molecule has 1 aliphatic heterocycles. The summed E-state index contributed by atoms with van der Waals surface area (Å²) in [7, 11) is 0. The Labute approximate surface area is 120 Å². The SMILES string of the molecule is Cc1ccc(C)c2c(N3CCNCC3)ccnc12.Cl. The van der Waals surface area contributed by atoms with Crippen molar-refractivity contribution in [1.29, 1.82) is 0 Å². The van der Waals surface area contributed by atoms with Gasteiger partial charge in [0.25, 0.3) is 0 Å². The Bertz CT molecular complexity index is 577.